The Labute approximate surface area is 244 Å². The Hall–Kier alpha value is -4.69. The number of nitro benzene ring substituents is 1. The number of aryl methyl sites for hydroxylation is 1. The van der Waals surface area contributed by atoms with Crippen molar-refractivity contribution in [1.82, 2.24) is 14.5 Å². The van der Waals surface area contributed by atoms with Crippen LogP contribution in [0.3, 0.4) is 0 Å². The lowest BCUT2D eigenvalue weighted by Crippen LogP contribution is -2.39. The first kappa shape index (κ1) is 28.8. The largest absolute Gasteiger partial charge is 0.463 e. The second-order valence-electron chi connectivity index (χ2n) is 9.13. The summed E-state index contributed by atoms with van der Waals surface area (Å²) in [6, 6.07) is 10.3. The highest BCUT2D eigenvalue weighted by atomic mass is 32.2. The Morgan fingerprint density at radius 2 is 1.95 bits per heavy atom. The van der Waals surface area contributed by atoms with Crippen LogP contribution in [0, 0.1) is 22.9 Å². The molecule has 0 saturated carbocycles. The van der Waals surface area contributed by atoms with Crippen LogP contribution in [-0.2, 0) is 9.53 Å². The van der Waals surface area contributed by atoms with E-state index in [1.165, 1.54) is 53.1 Å². The summed E-state index contributed by atoms with van der Waals surface area (Å²) in [5, 5.41) is 12.1. The molecule has 0 saturated heterocycles. The lowest BCUT2D eigenvalue weighted by atomic mass is 9.96. The number of fused-ring (bicyclic) bond motifs is 1. The molecule has 1 N–H and O–H groups in total. The molecule has 0 amide bonds. The quantitative estimate of drug-likeness (QED) is 0.145. The first-order valence-electron chi connectivity index (χ1n) is 12.5. The summed E-state index contributed by atoms with van der Waals surface area (Å²) in [5.74, 6) is -1.12. The van der Waals surface area contributed by atoms with Gasteiger partial charge in [-0.1, -0.05) is 29.5 Å². The number of aromatic amines is 1. The molecule has 214 valence electrons. The molecule has 0 aliphatic carbocycles. The third-order valence-corrected chi connectivity index (χ3v) is 8.17. The second-order valence-corrected chi connectivity index (χ2v) is 11.2. The number of allylic oxidation sites excluding steroid dienone is 1. The van der Waals surface area contributed by atoms with E-state index >= 15 is 0 Å². The lowest BCUT2D eigenvalue weighted by Gasteiger charge is -2.24. The number of nitro groups is 1. The maximum absolute atomic E-state index is 13.7. The summed E-state index contributed by atoms with van der Waals surface area (Å²) in [6.45, 7) is 5.05. The molecule has 0 fully saturated rings. The van der Waals surface area contributed by atoms with E-state index in [2.05, 4.69) is 15.0 Å². The summed E-state index contributed by atoms with van der Waals surface area (Å²) in [5.41, 5.74) is 0.747. The topological polar surface area (TPSA) is 150 Å². The van der Waals surface area contributed by atoms with E-state index in [4.69, 9.17) is 4.74 Å². The van der Waals surface area contributed by atoms with E-state index < -0.39 is 28.3 Å². The number of aromatic nitrogens is 3. The first-order chi connectivity index (χ1) is 20.0. The van der Waals surface area contributed by atoms with E-state index in [-0.39, 0.29) is 38.0 Å². The molecule has 42 heavy (non-hydrogen) atoms. The predicted molar refractivity (Wildman–Crippen MR) is 154 cm³/mol. The molecule has 1 aliphatic heterocycles. The Kier molecular flexibility index (Phi) is 8.00. The number of carbonyl (C=O) groups excluding carboxylic acids is 1. The summed E-state index contributed by atoms with van der Waals surface area (Å²) < 4.78 is 20.6. The van der Waals surface area contributed by atoms with Crippen LogP contribution < -0.4 is 20.5 Å². The van der Waals surface area contributed by atoms with Crippen LogP contribution >= 0.6 is 23.1 Å². The van der Waals surface area contributed by atoms with Crippen molar-refractivity contribution in [3.05, 3.63) is 123 Å². The molecule has 5 rings (SSSR count). The number of ether oxygens (including phenoxy) is 1. The number of nitrogens with zero attached hydrogens (tertiary/aromatic N) is 4. The zero-order valence-electron chi connectivity index (χ0n) is 22.4. The average molecular weight is 608 g/mol. The van der Waals surface area contributed by atoms with Gasteiger partial charge in [0.1, 0.15) is 5.82 Å². The Morgan fingerprint density at radius 3 is 2.62 bits per heavy atom. The van der Waals surface area contributed by atoms with Gasteiger partial charge in [-0.05, 0) is 67.9 Å². The molecule has 1 atom stereocenters. The van der Waals surface area contributed by atoms with E-state index in [0.29, 0.717) is 27.3 Å². The maximum Gasteiger partial charge on any atom is 0.338 e. The van der Waals surface area contributed by atoms with Crippen LogP contribution in [0.4, 0.5) is 10.1 Å². The zero-order valence-corrected chi connectivity index (χ0v) is 24.0. The van der Waals surface area contributed by atoms with Crippen molar-refractivity contribution in [1.29, 1.82) is 0 Å². The van der Waals surface area contributed by atoms with Crippen molar-refractivity contribution in [2.75, 3.05) is 6.61 Å². The van der Waals surface area contributed by atoms with Gasteiger partial charge in [-0.3, -0.25) is 24.3 Å². The van der Waals surface area contributed by atoms with E-state index in [9.17, 15) is 28.9 Å². The van der Waals surface area contributed by atoms with Crippen molar-refractivity contribution in [3.63, 3.8) is 0 Å². The minimum absolute atomic E-state index is 0.110. The fourth-order valence-corrected chi connectivity index (χ4v) is 6.43. The fourth-order valence-electron chi connectivity index (χ4n) is 4.46. The standard InChI is InChI=1S/C28H22FN5O6S2/c1-4-40-26(37)23-15(3)31-28-33(24(23)17-6-8-18(29)9-7-17)25(36)21(42-28)13-16-5-10-20(19(12-16)34(38)39)41-27-30-14(2)11-22(35)32-27/h5-13,24H,4H2,1-3H3,(H,30,32,35)/b21-13+/t24-/m1/s1. The smallest absolute Gasteiger partial charge is 0.338 e. The van der Waals surface area contributed by atoms with Gasteiger partial charge in [-0.2, -0.15) is 0 Å². The first-order valence-corrected chi connectivity index (χ1v) is 14.2. The van der Waals surface area contributed by atoms with Crippen LogP contribution in [0.2, 0.25) is 0 Å². The van der Waals surface area contributed by atoms with Gasteiger partial charge in [-0.25, -0.2) is 19.2 Å². The molecule has 2 aromatic carbocycles. The molecular formula is C28H22FN5O6S2. The molecule has 0 spiro atoms. The predicted octanol–water partition coefficient (Wildman–Crippen LogP) is 3.39. The van der Waals surface area contributed by atoms with Gasteiger partial charge in [0.15, 0.2) is 9.96 Å². The van der Waals surface area contributed by atoms with Gasteiger partial charge in [0.25, 0.3) is 16.8 Å². The van der Waals surface area contributed by atoms with Crippen LogP contribution in [0.5, 0.6) is 0 Å². The van der Waals surface area contributed by atoms with Gasteiger partial charge in [-0.15, -0.1) is 0 Å². The molecule has 2 aromatic heterocycles. The molecule has 14 heteroatoms. The number of carbonyl (C=O) groups is 1. The number of H-pyrrole nitrogens is 1. The van der Waals surface area contributed by atoms with Crippen molar-refractivity contribution >= 4 is 40.8 Å². The molecule has 4 aromatic rings. The molecule has 0 unspecified atom stereocenters. The van der Waals surface area contributed by atoms with Crippen molar-refractivity contribution < 1.29 is 18.8 Å². The van der Waals surface area contributed by atoms with E-state index in [1.54, 1.807) is 26.8 Å². The average Bonchev–Trinajstić information content (AvgIpc) is 3.22. The fraction of sp³-hybridized carbons (Fsp3) is 0.179. The highest BCUT2D eigenvalue weighted by Gasteiger charge is 2.33. The molecule has 0 radical (unpaired) electrons. The van der Waals surface area contributed by atoms with Crippen molar-refractivity contribution in [2.24, 2.45) is 4.99 Å². The van der Waals surface area contributed by atoms with Crippen LogP contribution in [0.15, 0.2) is 84.4 Å². The number of rotatable bonds is 7. The Bertz CT molecular complexity index is 2010. The molecule has 11 nitrogen and oxygen atoms in total. The third-order valence-electron chi connectivity index (χ3n) is 6.23. The van der Waals surface area contributed by atoms with Crippen LogP contribution in [0.1, 0.15) is 36.7 Å². The minimum atomic E-state index is -0.917. The number of nitrogens with one attached hydrogen (secondary N) is 1. The van der Waals surface area contributed by atoms with E-state index in [0.717, 1.165) is 23.1 Å². The summed E-state index contributed by atoms with van der Waals surface area (Å²) >= 11 is 2.00. The van der Waals surface area contributed by atoms with Crippen LogP contribution in [-0.4, -0.2) is 32.0 Å². The second kappa shape index (κ2) is 11.7. The normalized spacial score (nSPS) is 14.9. The summed E-state index contributed by atoms with van der Waals surface area (Å²) in [6.07, 6.45) is 1.50. The van der Waals surface area contributed by atoms with Gasteiger partial charge in [0.05, 0.1) is 38.3 Å². The number of esters is 1. The van der Waals surface area contributed by atoms with E-state index in [1.807, 2.05) is 0 Å². The SMILES string of the molecule is CCOC(=O)C1=C(C)N=c2s/c(=C/c3ccc(Sc4nc(C)cc(=O)[nH]4)c([N+](=O)[O-])c3)c(=O)n2[C@@H]1c1ccc(F)cc1. The third kappa shape index (κ3) is 5.71. The van der Waals surface area contributed by atoms with Crippen molar-refractivity contribution in [2.45, 2.75) is 36.9 Å². The Morgan fingerprint density at radius 1 is 1.21 bits per heavy atom. The monoisotopic (exact) mass is 607 g/mol. The molecular weight excluding hydrogens is 585 g/mol. The summed E-state index contributed by atoms with van der Waals surface area (Å²) in [4.78, 5) is 61.7. The van der Waals surface area contributed by atoms with Gasteiger partial charge < -0.3 is 9.72 Å². The van der Waals surface area contributed by atoms with Crippen LogP contribution in [0.25, 0.3) is 6.08 Å². The maximum atomic E-state index is 13.7. The molecule has 1 aliphatic rings. The Balaban J connectivity index is 1.62. The zero-order chi connectivity index (χ0) is 30.1. The van der Waals surface area contributed by atoms with Crippen molar-refractivity contribution in [3.8, 4) is 0 Å². The molecule has 0 bridgehead atoms. The number of hydrogen-bond acceptors (Lipinski definition) is 10. The number of halogens is 1. The lowest BCUT2D eigenvalue weighted by molar-refractivity contribution is -0.387. The minimum Gasteiger partial charge on any atom is -0.463 e. The van der Waals surface area contributed by atoms with Gasteiger partial charge in [0.2, 0.25) is 0 Å². The number of benzene rings is 2. The summed E-state index contributed by atoms with van der Waals surface area (Å²) in [7, 11) is 0. The molecule has 3 heterocycles. The highest BCUT2D eigenvalue weighted by molar-refractivity contribution is 7.99. The highest BCUT2D eigenvalue weighted by Crippen LogP contribution is 2.34. The number of thiazole rings is 1. The van der Waals surface area contributed by atoms with Gasteiger partial charge >= 0.3 is 5.97 Å². The number of hydrogen-bond donors (Lipinski definition) is 1. The van der Waals surface area contributed by atoms with Gasteiger partial charge in [0, 0.05) is 17.8 Å².